The van der Waals surface area contributed by atoms with Crippen LogP contribution in [0.15, 0.2) is 28.7 Å². The highest BCUT2D eigenvalue weighted by molar-refractivity contribution is 9.10. The molecule has 3 nitrogen and oxygen atoms in total. The maximum Gasteiger partial charge on any atom is 0.161 e. The lowest BCUT2D eigenvalue weighted by molar-refractivity contribution is 0.816. The third kappa shape index (κ3) is 4.17. The van der Waals surface area contributed by atoms with Crippen molar-refractivity contribution >= 4 is 33.3 Å². The van der Waals surface area contributed by atoms with Gasteiger partial charge in [0.05, 0.1) is 5.02 Å². The van der Waals surface area contributed by atoms with Crippen LogP contribution >= 0.6 is 27.5 Å². The molecule has 0 bridgehead atoms. The van der Waals surface area contributed by atoms with Crippen LogP contribution in [0.1, 0.15) is 38.8 Å². The van der Waals surface area contributed by atoms with Crippen molar-refractivity contribution < 1.29 is 0 Å². The molecule has 0 saturated heterocycles. The molecule has 0 spiro atoms. The number of rotatable bonds is 5. The van der Waals surface area contributed by atoms with E-state index in [1.165, 1.54) is 0 Å². The summed E-state index contributed by atoms with van der Waals surface area (Å²) >= 11 is 9.57. The predicted octanol–water partition coefficient (Wildman–Crippen LogP) is 5.50. The van der Waals surface area contributed by atoms with Crippen LogP contribution in [0.3, 0.4) is 0 Å². The molecule has 2 aromatic rings. The van der Waals surface area contributed by atoms with E-state index in [1.807, 2.05) is 24.3 Å². The summed E-state index contributed by atoms with van der Waals surface area (Å²) < 4.78 is 0.872. The summed E-state index contributed by atoms with van der Waals surface area (Å²) in [5.74, 6) is 1.92. The molecule has 0 aliphatic heterocycles. The number of nitrogens with zero attached hydrogens (tertiary/aromatic N) is 2. The van der Waals surface area contributed by atoms with Crippen LogP contribution in [0.4, 0.5) is 5.82 Å². The Morgan fingerprint density at radius 3 is 2.62 bits per heavy atom. The first-order chi connectivity index (χ1) is 10.0. The van der Waals surface area contributed by atoms with Gasteiger partial charge in [-0.3, -0.25) is 0 Å². The quantitative estimate of drug-likeness (QED) is 0.756. The van der Waals surface area contributed by atoms with Crippen LogP contribution in [0.2, 0.25) is 5.02 Å². The molecule has 0 amide bonds. The molecule has 1 aromatic heterocycles. The summed E-state index contributed by atoms with van der Waals surface area (Å²) in [7, 11) is 0. The third-order valence-electron chi connectivity index (χ3n) is 3.07. The van der Waals surface area contributed by atoms with Gasteiger partial charge in [0.15, 0.2) is 5.82 Å². The molecule has 0 aliphatic carbocycles. The summed E-state index contributed by atoms with van der Waals surface area (Å²) in [5, 5.41) is 3.99. The van der Waals surface area contributed by atoms with Crippen molar-refractivity contribution in [3.05, 3.63) is 39.5 Å². The summed E-state index contributed by atoms with van der Waals surface area (Å²) in [5.41, 5.74) is 1.95. The Morgan fingerprint density at radius 1 is 1.24 bits per heavy atom. The first kappa shape index (κ1) is 16.2. The van der Waals surface area contributed by atoms with Gasteiger partial charge in [-0.2, -0.15) is 0 Å². The van der Waals surface area contributed by atoms with E-state index in [1.54, 1.807) is 0 Å². The molecular weight excluding hydrogens is 350 g/mol. The number of hydrogen-bond acceptors (Lipinski definition) is 3. The summed E-state index contributed by atoms with van der Waals surface area (Å²) in [6.45, 7) is 7.29. The third-order valence-corrected chi connectivity index (χ3v) is 4.30. The van der Waals surface area contributed by atoms with Gasteiger partial charge in [-0.15, -0.1) is 0 Å². The Balaban J connectivity index is 2.45. The first-order valence-corrected chi connectivity index (χ1v) is 8.26. The molecular formula is C16H19BrClN3. The average molecular weight is 369 g/mol. The molecule has 0 unspecified atom stereocenters. The minimum Gasteiger partial charge on any atom is -0.370 e. The molecule has 0 atom stereocenters. The van der Waals surface area contributed by atoms with E-state index in [9.17, 15) is 0 Å². The number of anilines is 1. The molecule has 5 heteroatoms. The van der Waals surface area contributed by atoms with Gasteiger partial charge >= 0.3 is 0 Å². The van der Waals surface area contributed by atoms with Crippen molar-refractivity contribution in [2.75, 3.05) is 11.9 Å². The van der Waals surface area contributed by atoms with Crippen LogP contribution in [0.5, 0.6) is 0 Å². The van der Waals surface area contributed by atoms with Crippen LogP contribution in [-0.2, 0) is 0 Å². The van der Waals surface area contributed by atoms with Crippen molar-refractivity contribution in [3.63, 3.8) is 0 Å². The lowest BCUT2D eigenvalue weighted by atomic mass is 10.1. The SMILES string of the molecule is CCCNc1cc(C(C)C)nc(-c2ccc(Br)c(Cl)c2)n1. The highest BCUT2D eigenvalue weighted by atomic mass is 79.9. The zero-order valence-electron chi connectivity index (χ0n) is 12.5. The first-order valence-electron chi connectivity index (χ1n) is 7.09. The molecule has 112 valence electrons. The predicted molar refractivity (Wildman–Crippen MR) is 93.0 cm³/mol. The smallest absolute Gasteiger partial charge is 0.161 e. The Labute approximate surface area is 139 Å². The molecule has 0 radical (unpaired) electrons. The van der Waals surface area contributed by atoms with Crippen molar-refractivity contribution in [3.8, 4) is 11.4 Å². The van der Waals surface area contributed by atoms with Gasteiger partial charge in [-0.05, 0) is 46.5 Å². The fraction of sp³-hybridized carbons (Fsp3) is 0.375. The van der Waals surface area contributed by atoms with Crippen LogP contribution in [-0.4, -0.2) is 16.5 Å². The Bertz CT molecular complexity index is 629. The molecule has 0 aliphatic rings. The number of hydrogen-bond donors (Lipinski definition) is 1. The minimum atomic E-state index is 0.347. The van der Waals surface area contributed by atoms with Crippen LogP contribution in [0.25, 0.3) is 11.4 Å². The molecule has 1 aromatic carbocycles. The van der Waals surface area contributed by atoms with Gasteiger partial charge in [-0.25, -0.2) is 9.97 Å². The van der Waals surface area contributed by atoms with E-state index < -0.39 is 0 Å². The second kappa shape index (κ2) is 7.23. The Hall–Kier alpha value is -1.13. The maximum absolute atomic E-state index is 6.17. The van der Waals surface area contributed by atoms with E-state index in [-0.39, 0.29) is 0 Å². The van der Waals surface area contributed by atoms with Gasteiger partial charge in [0.1, 0.15) is 5.82 Å². The Kier molecular flexibility index (Phi) is 5.59. The minimum absolute atomic E-state index is 0.347. The molecule has 1 heterocycles. The standard InChI is InChI=1S/C16H19BrClN3/c1-4-7-19-15-9-14(10(2)3)20-16(21-15)11-5-6-12(17)13(18)8-11/h5-6,8-10H,4,7H2,1-3H3,(H,19,20,21). The van der Waals surface area contributed by atoms with E-state index in [2.05, 4.69) is 52.0 Å². The monoisotopic (exact) mass is 367 g/mol. The summed E-state index contributed by atoms with van der Waals surface area (Å²) in [6, 6.07) is 7.79. The highest BCUT2D eigenvalue weighted by Gasteiger charge is 2.10. The number of aromatic nitrogens is 2. The van der Waals surface area contributed by atoms with Gasteiger partial charge in [0, 0.05) is 28.3 Å². The van der Waals surface area contributed by atoms with Crippen molar-refractivity contribution in [2.45, 2.75) is 33.1 Å². The molecule has 1 N–H and O–H groups in total. The fourth-order valence-corrected chi connectivity index (χ4v) is 2.30. The lowest BCUT2D eigenvalue weighted by Gasteiger charge is -2.12. The highest BCUT2D eigenvalue weighted by Crippen LogP contribution is 2.28. The van der Waals surface area contributed by atoms with E-state index in [0.29, 0.717) is 16.8 Å². The number of nitrogens with one attached hydrogen (secondary N) is 1. The van der Waals surface area contributed by atoms with Crippen LogP contribution in [0, 0.1) is 0 Å². The van der Waals surface area contributed by atoms with E-state index >= 15 is 0 Å². The zero-order valence-corrected chi connectivity index (χ0v) is 14.8. The average Bonchev–Trinajstić information content (AvgIpc) is 2.47. The van der Waals surface area contributed by atoms with Crippen molar-refractivity contribution in [2.24, 2.45) is 0 Å². The van der Waals surface area contributed by atoms with Gasteiger partial charge in [-0.1, -0.05) is 32.4 Å². The number of benzene rings is 1. The van der Waals surface area contributed by atoms with Gasteiger partial charge < -0.3 is 5.32 Å². The molecule has 2 rings (SSSR count). The fourth-order valence-electron chi connectivity index (χ4n) is 1.87. The zero-order chi connectivity index (χ0) is 15.4. The summed E-state index contributed by atoms with van der Waals surface area (Å²) in [6.07, 6.45) is 1.06. The molecule has 0 fully saturated rings. The van der Waals surface area contributed by atoms with Gasteiger partial charge in [0.2, 0.25) is 0 Å². The topological polar surface area (TPSA) is 37.8 Å². The molecule has 0 saturated carbocycles. The maximum atomic E-state index is 6.17. The van der Waals surface area contributed by atoms with Crippen molar-refractivity contribution in [1.29, 1.82) is 0 Å². The van der Waals surface area contributed by atoms with E-state index in [4.69, 9.17) is 11.6 Å². The second-order valence-corrected chi connectivity index (χ2v) is 6.47. The second-order valence-electron chi connectivity index (χ2n) is 5.21. The van der Waals surface area contributed by atoms with E-state index in [0.717, 1.165) is 34.5 Å². The number of halogens is 2. The lowest BCUT2D eigenvalue weighted by Crippen LogP contribution is -2.06. The normalized spacial score (nSPS) is 11.0. The Morgan fingerprint density at radius 2 is 2.00 bits per heavy atom. The van der Waals surface area contributed by atoms with Crippen LogP contribution < -0.4 is 5.32 Å². The summed E-state index contributed by atoms with van der Waals surface area (Å²) in [4.78, 5) is 9.26. The van der Waals surface area contributed by atoms with Gasteiger partial charge in [0.25, 0.3) is 0 Å². The molecule has 21 heavy (non-hydrogen) atoms. The largest absolute Gasteiger partial charge is 0.370 e. The van der Waals surface area contributed by atoms with Crippen molar-refractivity contribution in [1.82, 2.24) is 9.97 Å².